The molecule has 126 valence electrons. The second-order valence-corrected chi connectivity index (χ2v) is 6.62. The Morgan fingerprint density at radius 1 is 1.04 bits per heavy atom. The number of nitrogens with zero attached hydrogens (tertiary/aromatic N) is 2. The van der Waals surface area contributed by atoms with E-state index in [2.05, 4.69) is 18.7 Å². The first-order valence-corrected chi connectivity index (χ1v) is 8.55. The number of hydrogen-bond acceptors (Lipinski definition) is 2. The molecular formula is C21H20N2O2. The highest BCUT2D eigenvalue weighted by atomic mass is 16.2. The van der Waals surface area contributed by atoms with E-state index in [-0.39, 0.29) is 11.8 Å². The van der Waals surface area contributed by atoms with E-state index in [1.165, 1.54) is 16.0 Å². The molecule has 4 nitrogen and oxygen atoms in total. The molecule has 0 aliphatic carbocycles. The zero-order valence-electron chi connectivity index (χ0n) is 14.2. The molecule has 0 unspecified atom stereocenters. The molecule has 2 amide bonds. The third-order valence-corrected chi connectivity index (χ3v) is 5.16. The van der Waals surface area contributed by atoms with Crippen molar-refractivity contribution in [2.75, 3.05) is 6.54 Å². The highest BCUT2D eigenvalue weighted by molar-refractivity contribution is 6.10. The highest BCUT2D eigenvalue weighted by Crippen LogP contribution is 2.33. The van der Waals surface area contributed by atoms with Gasteiger partial charge in [0, 0.05) is 29.9 Å². The van der Waals surface area contributed by atoms with Crippen molar-refractivity contribution in [3.05, 3.63) is 77.4 Å². The highest BCUT2D eigenvalue weighted by Gasteiger charge is 2.38. The molecule has 0 saturated carbocycles. The predicted octanol–water partition coefficient (Wildman–Crippen LogP) is 3.09. The van der Waals surface area contributed by atoms with Gasteiger partial charge in [0.25, 0.3) is 5.91 Å². The monoisotopic (exact) mass is 332 g/mol. The lowest BCUT2D eigenvalue weighted by atomic mass is 9.99. The zero-order valence-corrected chi connectivity index (χ0v) is 14.2. The van der Waals surface area contributed by atoms with Crippen molar-refractivity contribution >= 4 is 17.5 Å². The lowest BCUT2D eigenvalue weighted by Gasteiger charge is -2.34. The molecule has 4 rings (SSSR count). The number of rotatable bonds is 2. The van der Waals surface area contributed by atoms with Crippen molar-refractivity contribution in [3.63, 3.8) is 0 Å². The summed E-state index contributed by atoms with van der Waals surface area (Å²) >= 11 is 0. The van der Waals surface area contributed by atoms with Crippen molar-refractivity contribution < 1.29 is 9.59 Å². The van der Waals surface area contributed by atoms with Crippen LogP contribution in [0.4, 0.5) is 0 Å². The maximum absolute atomic E-state index is 13.0. The third-order valence-electron chi connectivity index (χ3n) is 5.16. The number of carbonyl (C=O) groups excluding carboxylic acids is 2. The first kappa shape index (κ1) is 15.6. The molecule has 25 heavy (non-hydrogen) atoms. The van der Waals surface area contributed by atoms with E-state index in [1.54, 1.807) is 13.0 Å². The largest absolute Gasteiger partial charge is 0.336 e. The van der Waals surface area contributed by atoms with Gasteiger partial charge in [-0.1, -0.05) is 49.0 Å². The van der Waals surface area contributed by atoms with Crippen LogP contribution in [-0.4, -0.2) is 34.2 Å². The van der Waals surface area contributed by atoms with Crippen LogP contribution in [0.25, 0.3) is 5.70 Å². The van der Waals surface area contributed by atoms with Gasteiger partial charge in [0.15, 0.2) is 0 Å². The van der Waals surface area contributed by atoms with Crippen LogP contribution in [0.5, 0.6) is 0 Å². The quantitative estimate of drug-likeness (QED) is 0.848. The molecule has 2 aliphatic rings. The minimum Gasteiger partial charge on any atom is -0.336 e. The van der Waals surface area contributed by atoms with Crippen LogP contribution in [0.2, 0.25) is 0 Å². The summed E-state index contributed by atoms with van der Waals surface area (Å²) in [6, 6.07) is 15.0. The SMILES string of the molecule is C=C1c2ccccc2C(=O)N1[C@@H](C)C(=O)N1CCc2ccccc2C1. The van der Waals surface area contributed by atoms with Crippen LogP contribution in [0.1, 0.15) is 34.0 Å². The summed E-state index contributed by atoms with van der Waals surface area (Å²) in [6.07, 6.45) is 0.851. The Hall–Kier alpha value is -2.88. The summed E-state index contributed by atoms with van der Waals surface area (Å²) in [5, 5.41) is 0. The van der Waals surface area contributed by atoms with Gasteiger partial charge in [-0.15, -0.1) is 0 Å². The van der Waals surface area contributed by atoms with E-state index in [0.29, 0.717) is 24.4 Å². The topological polar surface area (TPSA) is 40.6 Å². The molecule has 0 fully saturated rings. The maximum atomic E-state index is 13.0. The molecular weight excluding hydrogens is 312 g/mol. The molecule has 0 saturated heterocycles. The van der Waals surface area contributed by atoms with Crippen molar-refractivity contribution in [2.45, 2.75) is 25.9 Å². The number of amides is 2. The normalized spacial score (nSPS) is 17.3. The van der Waals surface area contributed by atoms with Crippen LogP contribution < -0.4 is 0 Å². The van der Waals surface area contributed by atoms with Gasteiger partial charge in [-0.3, -0.25) is 14.5 Å². The van der Waals surface area contributed by atoms with Crippen molar-refractivity contribution in [2.24, 2.45) is 0 Å². The molecule has 2 aromatic carbocycles. The smallest absolute Gasteiger partial charge is 0.259 e. The Morgan fingerprint density at radius 2 is 1.68 bits per heavy atom. The van der Waals surface area contributed by atoms with E-state index in [1.807, 2.05) is 35.2 Å². The van der Waals surface area contributed by atoms with Crippen LogP contribution in [0.3, 0.4) is 0 Å². The van der Waals surface area contributed by atoms with Gasteiger partial charge >= 0.3 is 0 Å². The van der Waals surface area contributed by atoms with Crippen LogP contribution in [0, 0.1) is 0 Å². The average Bonchev–Trinajstić information content (AvgIpc) is 2.91. The summed E-state index contributed by atoms with van der Waals surface area (Å²) in [5.74, 6) is -0.171. The Bertz CT molecular complexity index is 852. The fourth-order valence-corrected chi connectivity index (χ4v) is 3.77. The second-order valence-electron chi connectivity index (χ2n) is 6.62. The van der Waals surface area contributed by atoms with Gasteiger partial charge in [0.05, 0.1) is 0 Å². The molecule has 2 aromatic rings. The molecule has 2 aliphatic heterocycles. The first-order chi connectivity index (χ1) is 12.1. The molecule has 0 radical (unpaired) electrons. The number of fused-ring (bicyclic) bond motifs is 2. The van der Waals surface area contributed by atoms with Crippen LogP contribution >= 0.6 is 0 Å². The molecule has 2 heterocycles. The summed E-state index contributed by atoms with van der Waals surface area (Å²) in [6.45, 7) is 7.12. The Balaban J connectivity index is 1.56. The maximum Gasteiger partial charge on any atom is 0.259 e. The fraction of sp³-hybridized carbons (Fsp3) is 0.238. The number of carbonyl (C=O) groups is 2. The van der Waals surface area contributed by atoms with E-state index in [0.717, 1.165) is 12.0 Å². The fourth-order valence-electron chi connectivity index (χ4n) is 3.77. The molecule has 0 spiro atoms. The summed E-state index contributed by atoms with van der Waals surface area (Å²) < 4.78 is 0. The van der Waals surface area contributed by atoms with Crippen LogP contribution in [-0.2, 0) is 17.8 Å². The lowest BCUT2D eigenvalue weighted by molar-refractivity contribution is -0.135. The molecule has 1 atom stereocenters. The van der Waals surface area contributed by atoms with E-state index in [9.17, 15) is 9.59 Å². The van der Waals surface area contributed by atoms with Gasteiger partial charge < -0.3 is 4.90 Å². The second kappa shape index (κ2) is 5.88. The van der Waals surface area contributed by atoms with Crippen LogP contribution in [0.15, 0.2) is 55.1 Å². The Labute approximate surface area is 147 Å². The van der Waals surface area contributed by atoms with Gasteiger partial charge in [0.2, 0.25) is 5.91 Å². The van der Waals surface area contributed by atoms with Crippen molar-refractivity contribution in [1.29, 1.82) is 0 Å². The van der Waals surface area contributed by atoms with Gasteiger partial charge in [0.1, 0.15) is 6.04 Å². The number of hydrogen-bond donors (Lipinski definition) is 0. The van der Waals surface area contributed by atoms with Crippen molar-refractivity contribution in [1.82, 2.24) is 9.80 Å². The van der Waals surface area contributed by atoms with E-state index < -0.39 is 6.04 Å². The Morgan fingerprint density at radius 3 is 2.40 bits per heavy atom. The standard InChI is InChI=1S/C21H20N2O2/c1-14-18-9-5-6-10-19(18)21(25)23(14)15(2)20(24)22-12-11-16-7-3-4-8-17(16)13-22/h3-10,15H,1,11-13H2,2H3/t15-/m0/s1. The number of benzene rings is 2. The van der Waals surface area contributed by atoms with Gasteiger partial charge in [-0.2, -0.15) is 0 Å². The molecule has 4 heteroatoms. The zero-order chi connectivity index (χ0) is 17.6. The predicted molar refractivity (Wildman–Crippen MR) is 96.7 cm³/mol. The first-order valence-electron chi connectivity index (χ1n) is 8.55. The average molecular weight is 332 g/mol. The third kappa shape index (κ3) is 2.45. The minimum absolute atomic E-state index is 0.0307. The minimum atomic E-state index is -0.558. The summed E-state index contributed by atoms with van der Waals surface area (Å²) in [4.78, 5) is 29.1. The van der Waals surface area contributed by atoms with Gasteiger partial charge in [-0.25, -0.2) is 0 Å². The summed E-state index contributed by atoms with van der Waals surface area (Å²) in [7, 11) is 0. The molecule has 0 bridgehead atoms. The molecule has 0 aromatic heterocycles. The Kier molecular flexibility index (Phi) is 3.68. The summed E-state index contributed by atoms with van der Waals surface area (Å²) in [5.41, 5.74) is 4.53. The van der Waals surface area contributed by atoms with Gasteiger partial charge in [-0.05, 0) is 30.5 Å². The van der Waals surface area contributed by atoms with E-state index in [4.69, 9.17) is 0 Å². The lowest BCUT2D eigenvalue weighted by Crippen LogP contribution is -2.48. The molecule has 0 N–H and O–H groups in total. The van der Waals surface area contributed by atoms with E-state index >= 15 is 0 Å². The van der Waals surface area contributed by atoms with Crippen molar-refractivity contribution in [3.8, 4) is 0 Å².